The number of anilines is 1. The van der Waals surface area contributed by atoms with Crippen molar-refractivity contribution in [3.05, 3.63) is 71.2 Å². The first-order chi connectivity index (χ1) is 24.3. The third-order valence-electron chi connectivity index (χ3n) is 9.50. The maximum absolute atomic E-state index is 15.9. The van der Waals surface area contributed by atoms with Crippen molar-refractivity contribution in [3.8, 4) is 17.3 Å². The Bertz CT molecular complexity index is 1920. The summed E-state index contributed by atoms with van der Waals surface area (Å²) >= 11 is 0. The van der Waals surface area contributed by atoms with Crippen LogP contribution in [0.15, 0.2) is 48.6 Å². The monoisotopic (exact) mass is 714 g/mol. The van der Waals surface area contributed by atoms with Gasteiger partial charge in [-0.2, -0.15) is 33.3 Å². The zero-order valence-electron chi connectivity index (χ0n) is 28.2. The number of pyridine rings is 1. The number of hydrogen-bond acceptors (Lipinski definition) is 9. The van der Waals surface area contributed by atoms with Crippen LogP contribution >= 0.6 is 0 Å². The molecule has 3 aromatic heterocycles. The molecule has 1 aromatic carbocycles. The number of fused-ring (bicyclic) bond motifs is 2. The Kier molecular flexibility index (Phi) is 10.4. The highest BCUT2D eigenvalue weighted by atomic mass is 19.4. The lowest BCUT2D eigenvalue weighted by molar-refractivity contribution is -0.137. The number of amides is 1. The minimum atomic E-state index is -4.74. The molecule has 16 heteroatoms. The number of carbonyl (C=O) groups excluding carboxylic acids is 1. The number of alkyl halides is 4. The van der Waals surface area contributed by atoms with Gasteiger partial charge < -0.3 is 14.5 Å². The quantitative estimate of drug-likeness (QED) is 0.171. The lowest BCUT2D eigenvalue weighted by Crippen LogP contribution is -2.37. The van der Waals surface area contributed by atoms with Gasteiger partial charge in [0.2, 0.25) is 0 Å². The van der Waals surface area contributed by atoms with E-state index in [0.717, 1.165) is 25.1 Å². The number of benzene rings is 1. The van der Waals surface area contributed by atoms with Gasteiger partial charge in [0.1, 0.15) is 23.2 Å². The van der Waals surface area contributed by atoms with Crippen molar-refractivity contribution >= 4 is 28.7 Å². The van der Waals surface area contributed by atoms with Crippen LogP contribution < -0.4 is 9.64 Å². The topological polar surface area (TPSA) is 100 Å². The SMILES string of the molecule is COc1nc(N(C)C2CCN(C(=O)/C(F)=C/c3cccnn3)C2)c2cnc(-c3cccc(C)c3C(F)(F)F)c(F)c2n1.FC1CC2CCCN2C1. The number of carbonyl (C=O) groups is 1. The van der Waals surface area contributed by atoms with E-state index in [2.05, 4.69) is 30.0 Å². The Morgan fingerprint density at radius 1 is 1.10 bits per heavy atom. The molecule has 3 fully saturated rings. The fourth-order valence-electron chi connectivity index (χ4n) is 6.99. The van der Waals surface area contributed by atoms with Gasteiger partial charge >= 0.3 is 12.2 Å². The zero-order valence-corrected chi connectivity index (χ0v) is 28.2. The Balaban J connectivity index is 0.000000428. The summed E-state index contributed by atoms with van der Waals surface area (Å²) in [6, 6.07) is 6.94. The number of methoxy groups -OCH3 is 1. The van der Waals surface area contributed by atoms with Gasteiger partial charge in [-0.25, -0.2) is 13.2 Å². The lowest BCUT2D eigenvalue weighted by atomic mass is 9.98. The van der Waals surface area contributed by atoms with Crippen LogP contribution in [0.25, 0.3) is 28.2 Å². The molecule has 4 aromatic rings. The predicted molar refractivity (Wildman–Crippen MR) is 178 cm³/mol. The van der Waals surface area contributed by atoms with Crippen molar-refractivity contribution in [2.24, 2.45) is 0 Å². The number of aromatic nitrogens is 5. The van der Waals surface area contributed by atoms with E-state index in [4.69, 9.17) is 4.74 Å². The van der Waals surface area contributed by atoms with E-state index in [9.17, 15) is 26.7 Å². The maximum atomic E-state index is 15.9. The molecule has 10 nitrogen and oxygen atoms in total. The van der Waals surface area contributed by atoms with E-state index in [-0.39, 0.29) is 53.1 Å². The second kappa shape index (κ2) is 14.8. The first-order valence-corrected chi connectivity index (χ1v) is 16.5. The summed E-state index contributed by atoms with van der Waals surface area (Å²) in [7, 11) is 2.93. The van der Waals surface area contributed by atoms with Crippen molar-refractivity contribution < 1.29 is 35.9 Å². The predicted octanol–water partition coefficient (Wildman–Crippen LogP) is 6.20. The first kappa shape index (κ1) is 35.9. The van der Waals surface area contributed by atoms with Gasteiger partial charge in [-0.3, -0.25) is 14.7 Å². The fourth-order valence-corrected chi connectivity index (χ4v) is 6.99. The van der Waals surface area contributed by atoms with E-state index in [1.807, 2.05) is 0 Å². The average molecular weight is 715 g/mol. The van der Waals surface area contributed by atoms with Crippen LogP contribution in [0, 0.1) is 12.7 Å². The standard InChI is InChI=1S/C28H24F5N7O2.C7H12FN/c1-15-6-4-8-18(21(15)28(31,32)33)23-22(30)24-19(13-34-23)25(37-27(36-24)42-3)39(2)17-9-11-40(14-17)26(41)20(29)12-16-7-5-10-35-38-16;8-6-4-7-2-1-3-9(7)5-6/h4-8,10,12-13,17H,9,11,14H2,1-3H3;6-7H,1-5H2/b20-12-;. The summed E-state index contributed by atoms with van der Waals surface area (Å²) in [6.07, 6.45) is 2.14. The molecule has 0 radical (unpaired) electrons. The zero-order chi connectivity index (χ0) is 36.4. The molecule has 3 unspecified atom stereocenters. The lowest BCUT2D eigenvalue weighted by Gasteiger charge is -2.27. The summed E-state index contributed by atoms with van der Waals surface area (Å²) in [6.45, 7) is 3.50. The third-order valence-corrected chi connectivity index (χ3v) is 9.50. The number of rotatable bonds is 6. The van der Waals surface area contributed by atoms with Crippen molar-refractivity contribution in [1.29, 1.82) is 0 Å². The average Bonchev–Trinajstić information content (AvgIpc) is 3.85. The summed E-state index contributed by atoms with van der Waals surface area (Å²) in [5.74, 6) is -2.71. The second-order valence-electron chi connectivity index (χ2n) is 12.8. The van der Waals surface area contributed by atoms with Gasteiger partial charge in [-0.15, -0.1) is 0 Å². The largest absolute Gasteiger partial charge is 0.467 e. The molecule has 3 aliphatic rings. The van der Waals surface area contributed by atoms with Gasteiger partial charge in [0.05, 0.1) is 23.8 Å². The molecule has 7 rings (SSSR count). The molecule has 0 bridgehead atoms. The third kappa shape index (κ3) is 7.60. The minimum Gasteiger partial charge on any atom is -0.467 e. The Hall–Kier alpha value is -4.86. The number of halogens is 6. The van der Waals surface area contributed by atoms with E-state index < -0.39 is 46.7 Å². The molecule has 270 valence electrons. The molecule has 1 amide bonds. The van der Waals surface area contributed by atoms with Crippen LogP contribution in [-0.4, -0.2) is 99.4 Å². The molecule has 51 heavy (non-hydrogen) atoms. The fraction of sp³-hybridized carbons (Fsp3) is 0.429. The smallest absolute Gasteiger partial charge is 0.417 e. The Morgan fingerprint density at radius 2 is 1.90 bits per heavy atom. The molecule has 0 spiro atoms. The van der Waals surface area contributed by atoms with E-state index in [0.29, 0.717) is 19.0 Å². The first-order valence-electron chi connectivity index (χ1n) is 16.5. The highest BCUT2D eigenvalue weighted by Gasteiger charge is 2.38. The van der Waals surface area contributed by atoms with Crippen LogP contribution in [0.3, 0.4) is 0 Å². The number of likely N-dealkylation sites (tertiary alicyclic amines) is 1. The molecule has 0 aliphatic carbocycles. The minimum absolute atomic E-state index is 0.0784. The van der Waals surface area contributed by atoms with Crippen LogP contribution in [-0.2, 0) is 11.0 Å². The molecule has 6 heterocycles. The van der Waals surface area contributed by atoms with Crippen LogP contribution in [0.2, 0.25) is 0 Å². The van der Waals surface area contributed by atoms with Crippen LogP contribution in [0.5, 0.6) is 6.01 Å². The molecule has 3 saturated heterocycles. The molecule has 0 N–H and O–H groups in total. The highest BCUT2D eigenvalue weighted by Crippen LogP contribution is 2.41. The van der Waals surface area contributed by atoms with Gasteiger partial charge in [0.15, 0.2) is 11.6 Å². The number of ether oxygens (including phenoxy) is 1. The van der Waals surface area contributed by atoms with Gasteiger partial charge in [0.25, 0.3) is 5.91 Å². The van der Waals surface area contributed by atoms with Gasteiger partial charge in [0, 0.05) is 62.8 Å². The summed E-state index contributed by atoms with van der Waals surface area (Å²) in [4.78, 5) is 30.5. The molecular weight excluding hydrogens is 678 g/mol. The molecule has 0 saturated carbocycles. The number of aryl methyl sites for hydroxylation is 1. The number of nitrogens with zero attached hydrogens (tertiary/aromatic N) is 8. The Labute approximate surface area is 290 Å². The molecular formula is C35H36F6N8O2. The van der Waals surface area contributed by atoms with Gasteiger partial charge in [-0.05, 0) is 56.8 Å². The maximum Gasteiger partial charge on any atom is 0.417 e. The summed E-state index contributed by atoms with van der Waals surface area (Å²) in [5, 5.41) is 7.52. The highest BCUT2D eigenvalue weighted by molar-refractivity contribution is 5.96. The normalized spacial score (nSPS) is 20.7. The van der Waals surface area contributed by atoms with Crippen molar-refractivity contribution in [1.82, 2.24) is 34.9 Å². The van der Waals surface area contributed by atoms with Gasteiger partial charge in [-0.1, -0.05) is 18.2 Å². The summed E-state index contributed by atoms with van der Waals surface area (Å²) < 4.78 is 90.0. The van der Waals surface area contributed by atoms with E-state index in [1.54, 1.807) is 18.0 Å². The molecule has 3 aliphatic heterocycles. The van der Waals surface area contributed by atoms with Crippen molar-refractivity contribution in [2.45, 2.75) is 57.0 Å². The van der Waals surface area contributed by atoms with Crippen LogP contribution in [0.1, 0.15) is 42.5 Å². The van der Waals surface area contributed by atoms with Crippen molar-refractivity contribution in [2.75, 3.05) is 45.2 Å². The van der Waals surface area contributed by atoms with Crippen LogP contribution in [0.4, 0.5) is 32.2 Å². The second-order valence-corrected chi connectivity index (χ2v) is 12.8. The summed E-state index contributed by atoms with van der Waals surface area (Å²) in [5.41, 5.74) is -2.10. The number of likely N-dealkylation sites (N-methyl/N-ethyl adjacent to an activating group) is 1. The number of hydrogen-bond donors (Lipinski definition) is 0. The van der Waals surface area contributed by atoms with E-state index >= 15 is 4.39 Å². The Morgan fingerprint density at radius 3 is 2.61 bits per heavy atom. The molecule has 3 atom stereocenters. The van der Waals surface area contributed by atoms with Crippen molar-refractivity contribution in [3.63, 3.8) is 0 Å². The van der Waals surface area contributed by atoms with E-state index in [1.165, 1.54) is 62.4 Å².